The Bertz CT molecular complexity index is 779. The van der Waals surface area contributed by atoms with Crippen molar-refractivity contribution < 1.29 is 14.3 Å². The molecule has 0 saturated heterocycles. The number of pyridine rings is 1. The van der Waals surface area contributed by atoms with Crippen LogP contribution in [0.3, 0.4) is 0 Å². The lowest BCUT2D eigenvalue weighted by Crippen LogP contribution is -2.44. The highest BCUT2D eigenvalue weighted by atomic mass is 35.5. The van der Waals surface area contributed by atoms with Crippen LogP contribution in [-0.2, 0) is 9.59 Å². The Kier molecular flexibility index (Phi) is 4.16. The zero-order chi connectivity index (χ0) is 16.4. The number of amides is 2. The maximum Gasteiger partial charge on any atom is 0.266 e. The number of carbonyl (C=O) groups excluding carboxylic acids is 2. The molecule has 6 nitrogen and oxygen atoms in total. The van der Waals surface area contributed by atoms with E-state index in [1.54, 1.807) is 36.5 Å². The molecule has 2 amide bonds. The Morgan fingerprint density at radius 1 is 1.39 bits per heavy atom. The Labute approximate surface area is 138 Å². The maximum absolute atomic E-state index is 12.3. The Hall–Kier alpha value is -2.60. The van der Waals surface area contributed by atoms with E-state index in [0.717, 1.165) is 5.56 Å². The number of benzene rings is 1. The van der Waals surface area contributed by atoms with E-state index in [0.29, 0.717) is 22.3 Å². The van der Waals surface area contributed by atoms with Crippen LogP contribution in [0.4, 0.5) is 11.5 Å². The lowest BCUT2D eigenvalue weighted by atomic mass is 10.2. The van der Waals surface area contributed by atoms with Gasteiger partial charge in [-0.2, -0.15) is 0 Å². The fourth-order valence-electron chi connectivity index (χ4n) is 2.27. The van der Waals surface area contributed by atoms with Crippen molar-refractivity contribution >= 4 is 34.9 Å². The van der Waals surface area contributed by atoms with Crippen LogP contribution in [0, 0.1) is 6.92 Å². The van der Waals surface area contributed by atoms with E-state index in [-0.39, 0.29) is 25.0 Å². The lowest BCUT2D eigenvalue weighted by Gasteiger charge is -2.27. The first-order valence-electron chi connectivity index (χ1n) is 6.99. The van der Waals surface area contributed by atoms with Gasteiger partial charge in [0.2, 0.25) is 5.91 Å². The second kappa shape index (κ2) is 6.26. The average molecular weight is 332 g/mol. The molecule has 23 heavy (non-hydrogen) atoms. The monoisotopic (exact) mass is 331 g/mol. The first kappa shape index (κ1) is 15.3. The summed E-state index contributed by atoms with van der Waals surface area (Å²) >= 11 is 6.04. The Balaban J connectivity index is 1.78. The first-order chi connectivity index (χ1) is 11.1. The molecule has 0 saturated carbocycles. The summed E-state index contributed by atoms with van der Waals surface area (Å²) in [5.41, 5.74) is 1.39. The van der Waals surface area contributed by atoms with Gasteiger partial charge in [0, 0.05) is 16.9 Å². The van der Waals surface area contributed by atoms with Gasteiger partial charge in [-0.05, 0) is 36.8 Å². The van der Waals surface area contributed by atoms with E-state index < -0.39 is 0 Å². The van der Waals surface area contributed by atoms with E-state index in [2.05, 4.69) is 10.3 Å². The lowest BCUT2D eigenvalue weighted by molar-refractivity contribution is -0.123. The van der Waals surface area contributed by atoms with Crippen molar-refractivity contribution in [3.63, 3.8) is 0 Å². The summed E-state index contributed by atoms with van der Waals surface area (Å²) in [6, 6.07) is 8.68. The van der Waals surface area contributed by atoms with Crippen molar-refractivity contribution in [3.8, 4) is 5.75 Å². The number of nitrogens with zero attached hydrogens (tertiary/aromatic N) is 2. The third-order valence-corrected chi connectivity index (χ3v) is 3.91. The van der Waals surface area contributed by atoms with Crippen molar-refractivity contribution in [2.24, 2.45) is 0 Å². The first-order valence-corrected chi connectivity index (χ1v) is 7.37. The molecule has 1 aliphatic rings. The number of rotatable bonds is 3. The van der Waals surface area contributed by atoms with E-state index in [4.69, 9.17) is 16.3 Å². The molecule has 0 fully saturated rings. The normalized spacial score (nSPS) is 13.3. The summed E-state index contributed by atoms with van der Waals surface area (Å²) < 4.78 is 5.30. The van der Waals surface area contributed by atoms with Crippen LogP contribution in [0.1, 0.15) is 5.56 Å². The van der Waals surface area contributed by atoms with Crippen molar-refractivity contribution in [2.45, 2.75) is 6.92 Å². The molecule has 2 aromatic rings. The van der Waals surface area contributed by atoms with Crippen molar-refractivity contribution in [2.75, 3.05) is 23.4 Å². The number of carbonyl (C=O) groups is 2. The van der Waals surface area contributed by atoms with Gasteiger partial charge in [-0.15, -0.1) is 0 Å². The van der Waals surface area contributed by atoms with Gasteiger partial charge in [-0.3, -0.25) is 14.5 Å². The number of aromatic nitrogens is 1. The van der Waals surface area contributed by atoms with Gasteiger partial charge in [0.1, 0.15) is 6.54 Å². The van der Waals surface area contributed by atoms with Crippen LogP contribution >= 0.6 is 11.6 Å². The number of halogens is 1. The van der Waals surface area contributed by atoms with Gasteiger partial charge in [0.15, 0.2) is 18.2 Å². The SMILES string of the molecule is Cc1c(Cl)cccc1NC(=O)CN1C(=O)COc2cccnc21. The summed E-state index contributed by atoms with van der Waals surface area (Å²) in [5, 5.41) is 3.33. The zero-order valence-electron chi connectivity index (χ0n) is 12.4. The number of nitrogens with one attached hydrogen (secondary N) is 1. The van der Waals surface area contributed by atoms with E-state index in [9.17, 15) is 9.59 Å². The van der Waals surface area contributed by atoms with Gasteiger partial charge >= 0.3 is 0 Å². The van der Waals surface area contributed by atoms with Gasteiger partial charge in [0.25, 0.3) is 5.91 Å². The zero-order valence-corrected chi connectivity index (χ0v) is 13.1. The molecule has 0 radical (unpaired) electrons. The number of ether oxygens (including phenoxy) is 1. The number of hydrogen-bond acceptors (Lipinski definition) is 4. The van der Waals surface area contributed by atoms with Crippen molar-refractivity contribution in [1.29, 1.82) is 0 Å². The third kappa shape index (κ3) is 3.12. The summed E-state index contributed by atoms with van der Waals surface area (Å²) in [4.78, 5) is 29.7. The highest BCUT2D eigenvalue weighted by molar-refractivity contribution is 6.31. The third-order valence-electron chi connectivity index (χ3n) is 3.50. The molecule has 7 heteroatoms. The highest BCUT2D eigenvalue weighted by Crippen LogP contribution is 2.29. The fraction of sp³-hybridized carbons (Fsp3) is 0.188. The minimum atomic E-state index is -0.331. The second-order valence-electron chi connectivity index (χ2n) is 5.05. The van der Waals surface area contributed by atoms with E-state index >= 15 is 0 Å². The predicted octanol–water partition coefficient (Wildman–Crippen LogP) is 2.41. The molecule has 0 spiro atoms. The predicted molar refractivity (Wildman–Crippen MR) is 86.9 cm³/mol. The van der Waals surface area contributed by atoms with E-state index in [1.165, 1.54) is 4.90 Å². The number of hydrogen-bond donors (Lipinski definition) is 1. The molecule has 1 N–H and O–H groups in total. The van der Waals surface area contributed by atoms with E-state index in [1.807, 2.05) is 6.92 Å². The fourth-order valence-corrected chi connectivity index (χ4v) is 2.45. The van der Waals surface area contributed by atoms with Gasteiger partial charge < -0.3 is 10.1 Å². The molecule has 1 aliphatic heterocycles. The van der Waals surface area contributed by atoms with Gasteiger partial charge in [-0.25, -0.2) is 4.98 Å². The van der Waals surface area contributed by atoms with Crippen molar-refractivity contribution in [1.82, 2.24) is 4.98 Å². The van der Waals surface area contributed by atoms with Gasteiger partial charge in [0.05, 0.1) is 0 Å². The summed E-state index contributed by atoms with van der Waals surface area (Å²) in [6.45, 7) is 1.56. The summed E-state index contributed by atoms with van der Waals surface area (Å²) in [7, 11) is 0. The van der Waals surface area contributed by atoms with Gasteiger partial charge in [-0.1, -0.05) is 17.7 Å². The van der Waals surface area contributed by atoms with Crippen LogP contribution in [0.15, 0.2) is 36.5 Å². The number of anilines is 2. The second-order valence-corrected chi connectivity index (χ2v) is 5.46. The molecular weight excluding hydrogens is 318 g/mol. The molecule has 0 aliphatic carbocycles. The minimum Gasteiger partial charge on any atom is -0.480 e. The molecule has 3 rings (SSSR count). The van der Waals surface area contributed by atoms with Crippen LogP contribution in [0.2, 0.25) is 5.02 Å². The smallest absolute Gasteiger partial charge is 0.266 e. The molecule has 1 aromatic heterocycles. The average Bonchev–Trinajstić information content (AvgIpc) is 2.54. The van der Waals surface area contributed by atoms with Crippen LogP contribution in [0.5, 0.6) is 5.75 Å². The molecule has 0 bridgehead atoms. The molecular formula is C16H14ClN3O3. The van der Waals surface area contributed by atoms with Crippen LogP contribution < -0.4 is 15.0 Å². The highest BCUT2D eigenvalue weighted by Gasteiger charge is 2.28. The largest absolute Gasteiger partial charge is 0.480 e. The molecule has 0 atom stereocenters. The Morgan fingerprint density at radius 2 is 2.22 bits per heavy atom. The van der Waals surface area contributed by atoms with Crippen LogP contribution in [-0.4, -0.2) is 29.9 Å². The molecule has 2 heterocycles. The topological polar surface area (TPSA) is 71.5 Å². The maximum atomic E-state index is 12.3. The number of fused-ring (bicyclic) bond motifs is 1. The molecule has 0 unspecified atom stereocenters. The minimum absolute atomic E-state index is 0.109. The molecule has 1 aromatic carbocycles. The molecule has 118 valence electrons. The Morgan fingerprint density at radius 3 is 3.04 bits per heavy atom. The quantitative estimate of drug-likeness (QED) is 0.937. The summed E-state index contributed by atoms with van der Waals surface area (Å²) in [5.74, 6) is 0.192. The summed E-state index contributed by atoms with van der Waals surface area (Å²) in [6.07, 6.45) is 1.55. The van der Waals surface area contributed by atoms with Crippen LogP contribution in [0.25, 0.3) is 0 Å². The van der Waals surface area contributed by atoms with Crippen molar-refractivity contribution in [3.05, 3.63) is 47.1 Å². The standard InChI is InChI=1S/C16H14ClN3O3/c1-10-11(17)4-2-5-12(10)19-14(21)8-20-15(22)9-23-13-6-3-7-18-16(13)20/h2-7H,8-9H2,1H3,(H,19,21).